The van der Waals surface area contributed by atoms with E-state index in [0.29, 0.717) is 11.1 Å². The molecule has 0 bridgehead atoms. The molecule has 0 spiro atoms. The number of ketones is 2. The molecule has 2 rings (SSSR count). The number of aryl methyl sites for hydroxylation is 1. The maximum absolute atomic E-state index is 11.8. The number of allylic oxidation sites excluding steroid dienone is 4. The summed E-state index contributed by atoms with van der Waals surface area (Å²) >= 11 is 0. The number of rotatable bonds is 1. The van der Waals surface area contributed by atoms with Crippen LogP contribution in [0.25, 0.3) is 5.57 Å². The van der Waals surface area contributed by atoms with Gasteiger partial charge in [-0.1, -0.05) is 29.8 Å². The minimum atomic E-state index is -0.0947. The van der Waals surface area contributed by atoms with E-state index in [1.807, 2.05) is 31.2 Å². The van der Waals surface area contributed by atoms with Crippen molar-refractivity contribution in [2.45, 2.75) is 13.8 Å². The quantitative estimate of drug-likeness (QED) is 0.670. The zero-order valence-corrected chi connectivity index (χ0v) is 9.28. The number of hydrogen-bond acceptors (Lipinski definition) is 2. The SMILES string of the molecule is CC1=CC(=O)C(c2cccc(C)c2)=CC1=O. The molecule has 2 nitrogen and oxygen atoms in total. The molecule has 1 aliphatic rings. The van der Waals surface area contributed by atoms with Crippen molar-refractivity contribution >= 4 is 17.1 Å². The zero-order chi connectivity index (χ0) is 11.7. The molecule has 0 aromatic heterocycles. The molecule has 0 fully saturated rings. The van der Waals surface area contributed by atoms with Gasteiger partial charge in [0.15, 0.2) is 11.6 Å². The molecular formula is C14H12O2. The van der Waals surface area contributed by atoms with Gasteiger partial charge in [-0.25, -0.2) is 0 Å². The lowest BCUT2D eigenvalue weighted by Gasteiger charge is -2.10. The molecule has 0 atom stereocenters. The largest absolute Gasteiger partial charge is 0.290 e. The highest BCUT2D eigenvalue weighted by Crippen LogP contribution is 2.22. The second-order valence-corrected chi connectivity index (χ2v) is 3.98. The van der Waals surface area contributed by atoms with E-state index in [1.165, 1.54) is 12.2 Å². The van der Waals surface area contributed by atoms with Crippen molar-refractivity contribution < 1.29 is 9.59 Å². The third-order valence-electron chi connectivity index (χ3n) is 2.61. The molecule has 80 valence electrons. The Labute approximate surface area is 94.3 Å². The van der Waals surface area contributed by atoms with Crippen LogP contribution in [0, 0.1) is 6.92 Å². The topological polar surface area (TPSA) is 34.1 Å². The van der Waals surface area contributed by atoms with Crippen molar-refractivity contribution in [2.24, 2.45) is 0 Å². The lowest BCUT2D eigenvalue weighted by Crippen LogP contribution is -2.10. The minimum Gasteiger partial charge on any atom is -0.290 e. The first-order valence-electron chi connectivity index (χ1n) is 5.13. The molecule has 1 aromatic rings. The van der Waals surface area contributed by atoms with Crippen LogP contribution in [0.1, 0.15) is 18.1 Å². The molecule has 1 aromatic carbocycles. The molecule has 0 saturated heterocycles. The number of hydrogen-bond donors (Lipinski definition) is 0. The van der Waals surface area contributed by atoms with Crippen LogP contribution in [0.15, 0.2) is 42.0 Å². The normalized spacial score (nSPS) is 15.9. The van der Waals surface area contributed by atoms with Gasteiger partial charge < -0.3 is 0 Å². The van der Waals surface area contributed by atoms with Gasteiger partial charge in [0.2, 0.25) is 0 Å². The average Bonchev–Trinajstić information content (AvgIpc) is 2.23. The second kappa shape index (κ2) is 3.89. The van der Waals surface area contributed by atoms with Gasteiger partial charge in [-0.15, -0.1) is 0 Å². The van der Waals surface area contributed by atoms with Crippen LogP contribution in [0.5, 0.6) is 0 Å². The fourth-order valence-electron chi connectivity index (χ4n) is 1.70. The van der Waals surface area contributed by atoms with Crippen LogP contribution in [-0.2, 0) is 9.59 Å². The third-order valence-corrected chi connectivity index (χ3v) is 2.61. The van der Waals surface area contributed by atoms with E-state index in [0.717, 1.165) is 11.1 Å². The van der Waals surface area contributed by atoms with Crippen LogP contribution >= 0.6 is 0 Å². The second-order valence-electron chi connectivity index (χ2n) is 3.98. The van der Waals surface area contributed by atoms with Gasteiger partial charge in [0, 0.05) is 11.1 Å². The fourth-order valence-corrected chi connectivity index (χ4v) is 1.70. The highest BCUT2D eigenvalue weighted by atomic mass is 16.1. The molecular weight excluding hydrogens is 200 g/mol. The zero-order valence-electron chi connectivity index (χ0n) is 9.28. The Balaban J connectivity index is 2.47. The van der Waals surface area contributed by atoms with Gasteiger partial charge in [-0.05, 0) is 31.6 Å². The maximum atomic E-state index is 11.8. The molecule has 0 saturated carbocycles. The van der Waals surface area contributed by atoms with Crippen molar-refractivity contribution in [1.82, 2.24) is 0 Å². The standard InChI is InChI=1S/C14H12O2/c1-9-4-3-5-11(6-9)12-8-13(15)10(2)7-14(12)16/h3-8H,1-2H3. The van der Waals surface area contributed by atoms with Crippen LogP contribution in [-0.4, -0.2) is 11.6 Å². The summed E-state index contributed by atoms with van der Waals surface area (Å²) in [6.07, 6.45) is 2.83. The predicted molar refractivity (Wildman–Crippen MR) is 62.9 cm³/mol. The molecule has 0 unspecified atom stereocenters. The van der Waals surface area contributed by atoms with Gasteiger partial charge in [0.05, 0.1) is 0 Å². The number of carbonyl (C=O) groups is 2. The Morgan fingerprint density at radius 3 is 2.38 bits per heavy atom. The van der Waals surface area contributed by atoms with E-state index in [9.17, 15) is 9.59 Å². The van der Waals surface area contributed by atoms with Gasteiger partial charge >= 0.3 is 0 Å². The summed E-state index contributed by atoms with van der Waals surface area (Å²) in [4.78, 5) is 23.3. The molecule has 16 heavy (non-hydrogen) atoms. The highest BCUT2D eigenvalue weighted by Gasteiger charge is 2.18. The lowest BCUT2D eigenvalue weighted by atomic mass is 9.92. The van der Waals surface area contributed by atoms with Gasteiger partial charge in [0.25, 0.3) is 0 Å². The molecule has 0 amide bonds. The van der Waals surface area contributed by atoms with E-state index in [2.05, 4.69) is 0 Å². The Kier molecular flexibility index (Phi) is 2.57. The molecule has 1 aliphatic carbocycles. The lowest BCUT2D eigenvalue weighted by molar-refractivity contribution is -0.114. The fraction of sp³-hybridized carbons (Fsp3) is 0.143. The number of carbonyl (C=O) groups excluding carboxylic acids is 2. The summed E-state index contributed by atoms with van der Waals surface area (Å²) in [5.74, 6) is -0.182. The molecule has 0 heterocycles. The highest BCUT2D eigenvalue weighted by molar-refractivity contribution is 6.35. The average molecular weight is 212 g/mol. The Hall–Kier alpha value is -1.96. The molecule has 2 heteroatoms. The van der Waals surface area contributed by atoms with Crippen molar-refractivity contribution in [3.8, 4) is 0 Å². The smallest absolute Gasteiger partial charge is 0.186 e. The van der Waals surface area contributed by atoms with E-state index >= 15 is 0 Å². The van der Waals surface area contributed by atoms with Crippen molar-refractivity contribution in [3.05, 3.63) is 53.1 Å². The summed E-state index contributed by atoms with van der Waals surface area (Å²) < 4.78 is 0. The Morgan fingerprint density at radius 1 is 0.938 bits per heavy atom. The van der Waals surface area contributed by atoms with E-state index in [4.69, 9.17) is 0 Å². The summed E-state index contributed by atoms with van der Waals surface area (Å²) in [7, 11) is 0. The first-order valence-corrected chi connectivity index (χ1v) is 5.13. The molecule has 0 aliphatic heterocycles. The van der Waals surface area contributed by atoms with Crippen molar-refractivity contribution in [2.75, 3.05) is 0 Å². The molecule has 0 radical (unpaired) electrons. The van der Waals surface area contributed by atoms with Crippen molar-refractivity contribution in [1.29, 1.82) is 0 Å². The number of benzene rings is 1. The Morgan fingerprint density at radius 2 is 1.69 bits per heavy atom. The van der Waals surface area contributed by atoms with E-state index < -0.39 is 0 Å². The van der Waals surface area contributed by atoms with Crippen LogP contribution in [0.4, 0.5) is 0 Å². The van der Waals surface area contributed by atoms with Gasteiger partial charge in [-0.3, -0.25) is 9.59 Å². The summed E-state index contributed by atoms with van der Waals surface area (Å²) in [6.45, 7) is 3.62. The van der Waals surface area contributed by atoms with E-state index in [1.54, 1.807) is 6.92 Å². The summed E-state index contributed by atoms with van der Waals surface area (Å²) in [6, 6.07) is 7.60. The Bertz CT molecular complexity index is 533. The van der Waals surface area contributed by atoms with Gasteiger partial charge in [-0.2, -0.15) is 0 Å². The third kappa shape index (κ3) is 1.87. The first-order chi connectivity index (χ1) is 7.58. The van der Waals surface area contributed by atoms with Crippen molar-refractivity contribution in [3.63, 3.8) is 0 Å². The first kappa shape index (κ1) is 10.6. The minimum absolute atomic E-state index is 0.0869. The van der Waals surface area contributed by atoms with Gasteiger partial charge in [0.1, 0.15) is 0 Å². The van der Waals surface area contributed by atoms with Crippen LogP contribution in [0.2, 0.25) is 0 Å². The van der Waals surface area contributed by atoms with Crippen LogP contribution in [0.3, 0.4) is 0 Å². The summed E-state index contributed by atoms with van der Waals surface area (Å²) in [5, 5.41) is 0. The van der Waals surface area contributed by atoms with Crippen LogP contribution < -0.4 is 0 Å². The molecule has 0 N–H and O–H groups in total. The predicted octanol–water partition coefficient (Wildman–Crippen LogP) is 2.48. The summed E-state index contributed by atoms with van der Waals surface area (Å²) in [5.41, 5.74) is 2.87. The van der Waals surface area contributed by atoms with E-state index in [-0.39, 0.29) is 11.6 Å². The monoisotopic (exact) mass is 212 g/mol. The maximum Gasteiger partial charge on any atom is 0.186 e.